The Morgan fingerprint density at radius 3 is 2.70 bits per heavy atom. The predicted molar refractivity (Wildman–Crippen MR) is 82.4 cm³/mol. The molecular formula is C16H32N2O2. The van der Waals surface area contributed by atoms with E-state index in [2.05, 4.69) is 13.8 Å². The molecule has 0 aliphatic carbocycles. The fraction of sp³-hybridized carbons (Fsp3) is 0.938. The maximum atomic E-state index is 12.2. The fourth-order valence-corrected chi connectivity index (χ4v) is 2.97. The molecule has 0 saturated carbocycles. The molecule has 0 aromatic carbocycles. The number of nitrogens with two attached hydrogens (primary N) is 1. The van der Waals surface area contributed by atoms with Crippen LogP contribution in [0.5, 0.6) is 0 Å². The van der Waals surface area contributed by atoms with Crippen molar-refractivity contribution >= 4 is 5.91 Å². The SMILES string of the molecule is CC(C)C(CCN)CCC(=O)N(C)CC1CCCOC1. The lowest BCUT2D eigenvalue weighted by atomic mass is 9.88. The number of ether oxygens (including phenoxy) is 1. The predicted octanol–water partition coefficient (Wildman–Crippen LogP) is 2.27. The van der Waals surface area contributed by atoms with E-state index in [0.717, 1.165) is 39.0 Å². The van der Waals surface area contributed by atoms with Crippen LogP contribution in [0, 0.1) is 17.8 Å². The van der Waals surface area contributed by atoms with E-state index in [-0.39, 0.29) is 5.91 Å². The van der Waals surface area contributed by atoms with Crippen molar-refractivity contribution in [2.75, 3.05) is 33.4 Å². The zero-order valence-corrected chi connectivity index (χ0v) is 13.4. The Bertz CT molecular complexity index is 276. The first-order chi connectivity index (χ1) is 9.54. The highest BCUT2D eigenvalue weighted by Gasteiger charge is 2.20. The number of nitrogens with zero attached hydrogens (tertiary/aromatic N) is 1. The van der Waals surface area contributed by atoms with E-state index in [4.69, 9.17) is 10.5 Å². The smallest absolute Gasteiger partial charge is 0.222 e. The van der Waals surface area contributed by atoms with E-state index in [1.807, 2.05) is 11.9 Å². The summed E-state index contributed by atoms with van der Waals surface area (Å²) in [7, 11) is 1.92. The molecule has 1 aliphatic rings. The van der Waals surface area contributed by atoms with Gasteiger partial charge in [0.25, 0.3) is 0 Å². The van der Waals surface area contributed by atoms with Crippen LogP contribution in [-0.2, 0) is 9.53 Å². The summed E-state index contributed by atoms with van der Waals surface area (Å²) in [5.41, 5.74) is 5.65. The van der Waals surface area contributed by atoms with Crippen LogP contribution in [0.4, 0.5) is 0 Å². The molecule has 2 atom stereocenters. The summed E-state index contributed by atoms with van der Waals surface area (Å²) in [6.45, 7) is 7.67. The summed E-state index contributed by atoms with van der Waals surface area (Å²) < 4.78 is 5.47. The second-order valence-corrected chi connectivity index (χ2v) is 6.48. The van der Waals surface area contributed by atoms with Gasteiger partial charge < -0.3 is 15.4 Å². The third-order valence-electron chi connectivity index (χ3n) is 4.42. The maximum absolute atomic E-state index is 12.2. The van der Waals surface area contributed by atoms with Crippen LogP contribution in [0.1, 0.15) is 46.0 Å². The minimum absolute atomic E-state index is 0.262. The highest BCUT2D eigenvalue weighted by atomic mass is 16.5. The molecule has 4 nitrogen and oxygen atoms in total. The van der Waals surface area contributed by atoms with Crippen LogP contribution < -0.4 is 5.73 Å². The van der Waals surface area contributed by atoms with Crippen LogP contribution in [0.3, 0.4) is 0 Å². The summed E-state index contributed by atoms with van der Waals surface area (Å²) >= 11 is 0. The average Bonchev–Trinajstić information content (AvgIpc) is 2.43. The van der Waals surface area contributed by atoms with E-state index in [0.29, 0.717) is 30.7 Å². The van der Waals surface area contributed by atoms with Gasteiger partial charge in [-0.25, -0.2) is 0 Å². The van der Waals surface area contributed by atoms with Crippen LogP contribution >= 0.6 is 0 Å². The molecule has 1 aliphatic heterocycles. The molecule has 0 radical (unpaired) electrons. The van der Waals surface area contributed by atoms with Crippen LogP contribution in [0.15, 0.2) is 0 Å². The fourth-order valence-electron chi connectivity index (χ4n) is 2.97. The molecule has 1 amide bonds. The molecule has 1 fully saturated rings. The average molecular weight is 284 g/mol. The van der Waals surface area contributed by atoms with Gasteiger partial charge in [0.1, 0.15) is 0 Å². The largest absolute Gasteiger partial charge is 0.381 e. The molecule has 20 heavy (non-hydrogen) atoms. The number of hydrogen-bond donors (Lipinski definition) is 1. The molecule has 2 N–H and O–H groups in total. The zero-order chi connectivity index (χ0) is 15.0. The monoisotopic (exact) mass is 284 g/mol. The highest BCUT2D eigenvalue weighted by molar-refractivity contribution is 5.75. The van der Waals surface area contributed by atoms with Gasteiger partial charge in [0.2, 0.25) is 5.91 Å². The molecule has 0 spiro atoms. The summed E-state index contributed by atoms with van der Waals surface area (Å²) in [6, 6.07) is 0. The van der Waals surface area contributed by atoms with Gasteiger partial charge in [-0.1, -0.05) is 13.8 Å². The Morgan fingerprint density at radius 1 is 1.40 bits per heavy atom. The Kier molecular flexibility index (Phi) is 8.15. The molecule has 1 rings (SSSR count). The Balaban J connectivity index is 2.29. The van der Waals surface area contributed by atoms with Crippen LogP contribution in [0.25, 0.3) is 0 Å². The normalized spacial score (nSPS) is 20.9. The van der Waals surface area contributed by atoms with E-state index >= 15 is 0 Å². The van der Waals surface area contributed by atoms with Crippen molar-refractivity contribution in [2.24, 2.45) is 23.5 Å². The lowest BCUT2D eigenvalue weighted by molar-refractivity contribution is -0.131. The van der Waals surface area contributed by atoms with Crippen molar-refractivity contribution in [1.82, 2.24) is 4.90 Å². The van der Waals surface area contributed by atoms with Crippen molar-refractivity contribution in [1.29, 1.82) is 0 Å². The molecule has 4 heteroatoms. The molecule has 1 saturated heterocycles. The molecule has 0 aromatic rings. The number of amides is 1. The first kappa shape index (κ1) is 17.4. The number of carbonyl (C=O) groups excluding carboxylic acids is 1. The van der Waals surface area contributed by atoms with Gasteiger partial charge >= 0.3 is 0 Å². The summed E-state index contributed by atoms with van der Waals surface area (Å²) in [5, 5.41) is 0. The highest BCUT2D eigenvalue weighted by Crippen LogP contribution is 2.21. The first-order valence-electron chi connectivity index (χ1n) is 8.06. The van der Waals surface area contributed by atoms with Crippen molar-refractivity contribution < 1.29 is 9.53 Å². The quantitative estimate of drug-likeness (QED) is 0.744. The number of hydrogen-bond acceptors (Lipinski definition) is 3. The van der Waals surface area contributed by atoms with Crippen molar-refractivity contribution in [2.45, 2.75) is 46.0 Å². The van der Waals surface area contributed by atoms with E-state index in [9.17, 15) is 4.79 Å². The third kappa shape index (κ3) is 6.23. The van der Waals surface area contributed by atoms with E-state index in [1.54, 1.807) is 0 Å². The van der Waals surface area contributed by atoms with Gasteiger partial charge in [0.15, 0.2) is 0 Å². The topological polar surface area (TPSA) is 55.6 Å². The Morgan fingerprint density at radius 2 is 2.15 bits per heavy atom. The second-order valence-electron chi connectivity index (χ2n) is 6.48. The zero-order valence-electron chi connectivity index (χ0n) is 13.4. The summed E-state index contributed by atoms with van der Waals surface area (Å²) in [4.78, 5) is 14.1. The minimum Gasteiger partial charge on any atom is -0.381 e. The van der Waals surface area contributed by atoms with Crippen molar-refractivity contribution in [3.63, 3.8) is 0 Å². The third-order valence-corrected chi connectivity index (χ3v) is 4.42. The van der Waals surface area contributed by atoms with Gasteiger partial charge in [0, 0.05) is 26.6 Å². The van der Waals surface area contributed by atoms with Gasteiger partial charge in [-0.3, -0.25) is 4.79 Å². The first-order valence-corrected chi connectivity index (χ1v) is 8.06. The minimum atomic E-state index is 0.262. The maximum Gasteiger partial charge on any atom is 0.222 e. The molecule has 2 unspecified atom stereocenters. The van der Waals surface area contributed by atoms with Crippen LogP contribution in [0.2, 0.25) is 0 Å². The summed E-state index contributed by atoms with van der Waals surface area (Å²) in [6.07, 6.45) is 4.93. The number of carbonyl (C=O) groups is 1. The van der Waals surface area contributed by atoms with Crippen molar-refractivity contribution in [3.8, 4) is 0 Å². The van der Waals surface area contributed by atoms with E-state index < -0.39 is 0 Å². The standard InChI is InChI=1S/C16H32N2O2/c1-13(2)15(8-9-17)6-7-16(19)18(3)11-14-5-4-10-20-12-14/h13-15H,4-12,17H2,1-3H3. The molecule has 1 heterocycles. The van der Waals surface area contributed by atoms with Crippen LogP contribution in [-0.4, -0.2) is 44.2 Å². The second kappa shape index (κ2) is 9.35. The molecular weight excluding hydrogens is 252 g/mol. The van der Waals surface area contributed by atoms with Gasteiger partial charge in [-0.05, 0) is 50.0 Å². The lowest BCUT2D eigenvalue weighted by Crippen LogP contribution is -2.35. The summed E-state index contributed by atoms with van der Waals surface area (Å²) in [5.74, 6) is 1.94. The lowest BCUT2D eigenvalue weighted by Gasteiger charge is -2.28. The number of rotatable bonds is 8. The Hall–Kier alpha value is -0.610. The van der Waals surface area contributed by atoms with Gasteiger partial charge in [-0.15, -0.1) is 0 Å². The van der Waals surface area contributed by atoms with Gasteiger partial charge in [0.05, 0.1) is 6.61 Å². The molecule has 0 aromatic heterocycles. The molecule has 118 valence electrons. The van der Waals surface area contributed by atoms with E-state index in [1.165, 1.54) is 6.42 Å². The van der Waals surface area contributed by atoms with Crippen molar-refractivity contribution in [3.05, 3.63) is 0 Å². The van der Waals surface area contributed by atoms with Gasteiger partial charge in [-0.2, -0.15) is 0 Å². The molecule has 0 bridgehead atoms. The Labute approximate surface area is 124 Å².